The van der Waals surface area contributed by atoms with Crippen molar-refractivity contribution in [2.75, 3.05) is 4.90 Å². The molecule has 0 saturated carbocycles. The Labute approximate surface area is 270 Å². The molecule has 0 atom stereocenters. The minimum absolute atomic E-state index is 0.883. The van der Waals surface area contributed by atoms with Crippen LogP contribution in [0.5, 0.6) is 0 Å². The van der Waals surface area contributed by atoms with Gasteiger partial charge in [0.25, 0.3) is 0 Å². The summed E-state index contributed by atoms with van der Waals surface area (Å²) in [6, 6.07) is 54.2. The molecule has 0 N–H and O–H groups in total. The highest BCUT2D eigenvalue weighted by molar-refractivity contribution is 7.99. The predicted molar refractivity (Wildman–Crippen MR) is 191 cm³/mol. The first-order valence-electron chi connectivity index (χ1n) is 15.5. The smallest absolute Gasteiger partial charge is 0.0973 e. The number of hydrogen-bond donors (Lipinski definition) is 0. The lowest BCUT2D eigenvalue weighted by molar-refractivity contribution is 1.17. The zero-order valence-corrected chi connectivity index (χ0v) is 25.5. The van der Waals surface area contributed by atoms with E-state index in [0.717, 1.165) is 39.2 Å². The van der Waals surface area contributed by atoms with Gasteiger partial charge in [-0.1, -0.05) is 127 Å². The number of hydrogen-bond acceptors (Lipinski definition) is 4. The molecule has 0 bridgehead atoms. The van der Waals surface area contributed by atoms with E-state index in [9.17, 15) is 0 Å². The molecule has 0 aliphatic carbocycles. The minimum Gasteiger partial charge on any atom is -0.307 e. The molecule has 0 amide bonds. The van der Waals surface area contributed by atoms with Gasteiger partial charge in [0.15, 0.2) is 0 Å². The third-order valence-electron chi connectivity index (χ3n) is 9.17. The SMILES string of the molecule is c1ccc(-c2nc3ccccc3nc2-c2ccc3c(c2)N2c4ccccc4-c4ccc5ccccc5c4-c4cccc(c42)S3)cc1. The topological polar surface area (TPSA) is 29.0 Å². The molecule has 3 nitrogen and oxygen atoms in total. The Hall–Kier alpha value is -5.71. The summed E-state index contributed by atoms with van der Waals surface area (Å²) >= 11 is 1.84. The average molecular weight is 604 g/mol. The zero-order chi connectivity index (χ0) is 30.2. The highest BCUT2D eigenvalue weighted by Gasteiger charge is 2.33. The highest BCUT2D eigenvalue weighted by Crippen LogP contribution is 2.60. The van der Waals surface area contributed by atoms with Crippen LogP contribution in [0.25, 0.3) is 66.6 Å². The molecule has 0 spiro atoms. The molecule has 0 unspecified atom stereocenters. The summed E-state index contributed by atoms with van der Waals surface area (Å²) in [7, 11) is 0. The molecular formula is C42H25N3S. The fourth-order valence-corrected chi connectivity index (χ4v) is 8.21. The first-order chi connectivity index (χ1) is 22.8. The van der Waals surface area contributed by atoms with Gasteiger partial charge in [-0.15, -0.1) is 0 Å². The van der Waals surface area contributed by atoms with Crippen molar-refractivity contribution in [3.05, 3.63) is 152 Å². The maximum atomic E-state index is 5.24. The van der Waals surface area contributed by atoms with E-state index < -0.39 is 0 Å². The Bertz CT molecular complexity index is 2520. The Kier molecular flexibility index (Phi) is 5.51. The molecule has 2 aliphatic heterocycles. The van der Waals surface area contributed by atoms with Crippen LogP contribution < -0.4 is 4.90 Å². The van der Waals surface area contributed by atoms with E-state index in [1.165, 1.54) is 54.2 Å². The van der Waals surface area contributed by atoms with Crippen LogP contribution >= 0.6 is 11.8 Å². The van der Waals surface area contributed by atoms with Gasteiger partial charge in [-0.3, -0.25) is 0 Å². The van der Waals surface area contributed by atoms with Crippen LogP contribution in [0.1, 0.15) is 0 Å². The van der Waals surface area contributed by atoms with Crippen molar-refractivity contribution in [3.8, 4) is 44.8 Å². The number of para-hydroxylation sites is 4. The van der Waals surface area contributed by atoms with Gasteiger partial charge in [0.05, 0.1) is 39.5 Å². The van der Waals surface area contributed by atoms with Crippen molar-refractivity contribution in [3.63, 3.8) is 0 Å². The second-order valence-corrected chi connectivity index (χ2v) is 12.9. The molecule has 3 heterocycles. The molecule has 0 saturated heterocycles. The molecule has 8 aromatic rings. The van der Waals surface area contributed by atoms with Gasteiger partial charge in [0.1, 0.15) is 0 Å². The largest absolute Gasteiger partial charge is 0.307 e. The normalized spacial score (nSPS) is 12.7. The van der Waals surface area contributed by atoms with Crippen LogP contribution in [0.15, 0.2) is 161 Å². The number of benzene rings is 7. The van der Waals surface area contributed by atoms with E-state index in [-0.39, 0.29) is 0 Å². The molecule has 4 heteroatoms. The predicted octanol–water partition coefficient (Wildman–Crippen LogP) is 11.7. The summed E-state index contributed by atoms with van der Waals surface area (Å²) in [6.45, 7) is 0. The quantitative estimate of drug-likeness (QED) is 0.197. The molecule has 46 heavy (non-hydrogen) atoms. The summed E-state index contributed by atoms with van der Waals surface area (Å²) < 4.78 is 0. The second kappa shape index (κ2) is 9.90. The fraction of sp³-hybridized carbons (Fsp3) is 0. The average Bonchev–Trinajstić information content (AvgIpc) is 3.25. The minimum atomic E-state index is 0.883. The van der Waals surface area contributed by atoms with Gasteiger partial charge in [-0.2, -0.15) is 0 Å². The Balaban J connectivity index is 1.26. The van der Waals surface area contributed by atoms with Gasteiger partial charge >= 0.3 is 0 Å². The Morgan fingerprint density at radius 3 is 2.04 bits per heavy atom. The monoisotopic (exact) mass is 603 g/mol. The van der Waals surface area contributed by atoms with Crippen molar-refractivity contribution >= 4 is 50.6 Å². The van der Waals surface area contributed by atoms with Crippen molar-refractivity contribution in [1.29, 1.82) is 0 Å². The third kappa shape index (κ3) is 3.74. The van der Waals surface area contributed by atoms with E-state index in [1.807, 2.05) is 42.1 Å². The molecule has 0 radical (unpaired) electrons. The molecule has 2 aliphatic rings. The van der Waals surface area contributed by atoms with Crippen LogP contribution in [0.2, 0.25) is 0 Å². The number of anilines is 3. The summed E-state index contributed by atoms with van der Waals surface area (Å²) in [4.78, 5) is 15.4. The van der Waals surface area contributed by atoms with Crippen LogP contribution in [0.3, 0.4) is 0 Å². The summed E-state index contributed by atoms with van der Waals surface area (Å²) in [5.74, 6) is 0. The maximum Gasteiger partial charge on any atom is 0.0973 e. The lowest BCUT2D eigenvalue weighted by Crippen LogP contribution is -2.15. The molecule has 214 valence electrons. The van der Waals surface area contributed by atoms with Crippen molar-refractivity contribution in [2.24, 2.45) is 0 Å². The molecule has 7 aromatic carbocycles. The first kappa shape index (κ1) is 25.6. The van der Waals surface area contributed by atoms with Gasteiger partial charge in [0, 0.05) is 32.0 Å². The first-order valence-corrected chi connectivity index (χ1v) is 16.3. The number of rotatable bonds is 2. The summed E-state index contributed by atoms with van der Waals surface area (Å²) in [5, 5.41) is 2.52. The van der Waals surface area contributed by atoms with Crippen molar-refractivity contribution in [1.82, 2.24) is 9.97 Å². The van der Waals surface area contributed by atoms with Crippen LogP contribution in [-0.4, -0.2) is 9.97 Å². The van der Waals surface area contributed by atoms with Crippen LogP contribution in [-0.2, 0) is 0 Å². The molecular weight excluding hydrogens is 579 g/mol. The Morgan fingerprint density at radius 2 is 1.17 bits per heavy atom. The van der Waals surface area contributed by atoms with E-state index in [1.54, 1.807) is 0 Å². The molecule has 10 rings (SSSR count). The van der Waals surface area contributed by atoms with Crippen molar-refractivity contribution < 1.29 is 0 Å². The maximum absolute atomic E-state index is 5.24. The van der Waals surface area contributed by atoms with E-state index >= 15 is 0 Å². The Morgan fingerprint density at radius 1 is 0.457 bits per heavy atom. The summed E-state index contributed by atoms with van der Waals surface area (Å²) in [5.41, 5.74) is 14.2. The number of nitrogens with zero attached hydrogens (tertiary/aromatic N) is 3. The number of aromatic nitrogens is 2. The summed E-state index contributed by atoms with van der Waals surface area (Å²) in [6.07, 6.45) is 0. The van der Waals surface area contributed by atoms with E-state index in [4.69, 9.17) is 9.97 Å². The van der Waals surface area contributed by atoms with Gasteiger partial charge < -0.3 is 4.90 Å². The van der Waals surface area contributed by atoms with Crippen LogP contribution in [0, 0.1) is 0 Å². The zero-order valence-electron chi connectivity index (χ0n) is 24.7. The lowest BCUT2D eigenvalue weighted by Gasteiger charge is -2.34. The van der Waals surface area contributed by atoms with Gasteiger partial charge in [-0.25, -0.2) is 9.97 Å². The van der Waals surface area contributed by atoms with Gasteiger partial charge in [-0.05, 0) is 58.3 Å². The standard InChI is InChI=1S/C42H25N3S/c1-2-12-27(13-3-1)40-41(44-34-18-8-7-17-33(34)43-40)28-22-24-37-36(25-28)45-35-19-9-6-15-30(35)31-23-21-26-11-4-5-14-29(26)39(31)32-16-10-20-38(46-37)42(32)45/h1-25H. The van der Waals surface area contributed by atoms with E-state index in [2.05, 4.69) is 126 Å². The van der Waals surface area contributed by atoms with E-state index in [0.29, 0.717) is 0 Å². The molecule has 0 fully saturated rings. The van der Waals surface area contributed by atoms with Crippen molar-refractivity contribution in [2.45, 2.75) is 9.79 Å². The second-order valence-electron chi connectivity index (χ2n) is 11.8. The number of fused-ring (bicyclic) bond motifs is 10. The lowest BCUT2D eigenvalue weighted by atomic mass is 9.90. The van der Waals surface area contributed by atoms with Crippen LogP contribution in [0.4, 0.5) is 17.1 Å². The molecule has 1 aromatic heterocycles. The third-order valence-corrected chi connectivity index (χ3v) is 10.3. The fourth-order valence-electron chi connectivity index (χ4n) is 7.13. The van der Waals surface area contributed by atoms with Gasteiger partial charge in [0.2, 0.25) is 0 Å². The highest BCUT2D eigenvalue weighted by atomic mass is 32.2.